The molecule has 0 radical (unpaired) electrons. The van der Waals surface area contributed by atoms with E-state index in [1.807, 2.05) is 6.07 Å². The van der Waals surface area contributed by atoms with Gasteiger partial charge in [0, 0.05) is 6.42 Å². The first kappa shape index (κ1) is 16.5. The number of phenols is 1. The molecule has 2 N–H and O–H groups in total. The Morgan fingerprint density at radius 3 is 2.45 bits per heavy atom. The van der Waals surface area contributed by atoms with Crippen LogP contribution in [0.5, 0.6) is 5.75 Å². The Balaban J connectivity index is 2.80. The maximum Gasteiger partial charge on any atom is 0.303 e. The summed E-state index contributed by atoms with van der Waals surface area (Å²) in [5, 5.41) is 18.8. The molecule has 1 aromatic carbocycles. The molecule has 0 aliphatic carbocycles. The lowest BCUT2D eigenvalue weighted by atomic mass is 9.78. The van der Waals surface area contributed by atoms with E-state index in [0.29, 0.717) is 18.1 Å². The fourth-order valence-corrected chi connectivity index (χ4v) is 2.43. The van der Waals surface area contributed by atoms with Gasteiger partial charge in [0.1, 0.15) is 5.75 Å². The average Bonchev–Trinajstić information content (AvgIpc) is 2.34. The first-order valence-corrected chi connectivity index (χ1v) is 7.29. The van der Waals surface area contributed by atoms with Crippen LogP contribution in [0.2, 0.25) is 0 Å². The molecule has 0 bridgehead atoms. The van der Waals surface area contributed by atoms with Gasteiger partial charge in [0.05, 0.1) is 0 Å². The van der Waals surface area contributed by atoms with E-state index in [1.54, 1.807) is 6.07 Å². The van der Waals surface area contributed by atoms with Crippen LogP contribution in [0.1, 0.15) is 70.4 Å². The predicted molar refractivity (Wildman–Crippen MR) is 81.3 cm³/mol. The third kappa shape index (κ3) is 4.55. The molecule has 0 amide bonds. The van der Waals surface area contributed by atoms with Crippen molar-refractivity contribution in [3.8, 4) is 5.75 Å². The molecule has 0 aromatic heterocycles. The molecule has 0 saturated carbocycles. The van der Waals surface area contributed by atoms with Crippen LogP contribution in [0.3, 0.4) is 0 Å². The topological polar surface area (TPSA) is 57.5 Å². The summed E-state index contributed by atoms with van der Waals surface area (Å²) in [6.07, 6.45) is 2.62. The van der Waals surface area contributed by atoms with Gasteiger partial charge in [0.25, 0.3) is 0 Å². The van der Waals surface area contributed by atoms with Crippen molar-refractivity contribution in [3.63, 3.8) is 0 Å². The second-order valence-corrected chi connectivity index (χ2v) is 6.42. The molecule has 3 nitrogen and oxygen atoms in total. The van der Waals surface area contributed by atoms with Gasteiger partial charge in [-0.05, 0) is 41.4 Å². The van der Waals surface area contributed by atoms with Crippen molar-refractivity contribution in [3.05, 3.63) is 29.3 Å². The van der Waals surface area contributed by atoms with E-state index in [0.717, 1.165) is 18.4 Å². The second kappa shape index (κ2) is 6.78. The van der Waals surface area contributed by atoms with Crippen LogP contribution >= 0.6 is 0 Å². The summed E-state index contributed by atoms with van der Waals surface area (Å²) in [5.74, 6) is 0.0160. The maximum absolute atomic E-state index is 10.5. The van der Waals surface area contributed by atoms with Crippen LogP contribution in [0.4, 0.5) is 0 Å². The first-order valence-electron chi connectivity index (χ1n) is 7.29. The van der Waals surface area contributed by atoms with Gasteiger partial charge >= 0.3 is 5.97 Å². The maximum atomic E-state index is 10.5. The zero-order chi connectivity index (χ0) is 15.3. The number of aliphatic carboxylic acids is 1. The highest BCUT2D eigenvalue weighted by molar-refractivity contribution is 5.66. The number of carbonyl (C=O) groups is 1. The highest BCUT2D eigenvalue weighted by Gasteiger charge is 2.24. The number of carboxylic acid groups (broad SMARTS) is 1. The molecule has 0 aliphatic heterocycles. The van der Waals surface area contributed by atoms with E-state index in [1.165, 1.54) is 5.56 Å². The molecular weight excluding hydrogens is 252 g/mol. The van der Waals surface area contributed by atoms with Gasteiger partial charge in [-0.25, -0.2) is 0 Å². The fourth-order valence-electron chi connectivity index (χ4n) is 2.43. The van der Waals surface area contributed by atoms with Crippen molar-refractivity contribution in [1.29, 1.82) is 0 Å². The number of hydrogen-bond donors (Lipinski definition) is 2. The van der Waals surface area contributed by atoms with Crippen LogP contribution in [0.15, 0.2) is 18.2 Å². The molecule has 112 valence electrons. The van der Waals surface area contributed by atoms with E-state index < -0.39 is 5.97 Å². The minimum absolute atomic E-state index is 0.145. The van der Waals surface area contributed by atoms with Crippen molar-refractivity contribution in [1.82, 2.24) is 0 Å². The molecule has 0 heterocycles. The Bertz CT molecular complexity index is 461. The van der Waals surface area contributed by atoms with E-state index >= 15 is 0 Å². The van der Waals surface area contributed by atoms with Crippen molar-refractivity contribution < 1.29 is 15.0 Å². The van der Waals surface area contributed by atoms with Gasteiger partial charge in [0.2, 0.25) is 0 Å². The monoisotopic (exact) mass is 278 g/mol. The largest absolute Gasteiger partial charge is 0.508 e. The van der Waals surface area contributed by atoms with Gasteiger partial charge in [-0.1, -0.05) is 46.2 Å². The number of carboxylic acids is 1. The SMILES string of the molecule is CC(C)c1ccc(O)c(C(C)(C)CCCCC(=O)O)c1. The lowest BCUT2D eigenvalue weighted by Crippen LogP contribution is -2.18. The number of rotatable bonds is 7. The van der Waals surface area contributed by atoms with Crippen molar-refractivity contribution in [2.45, 2.75) is 64.7 Å². The summed E-state index contributed by atoms with van der Waals surface area (Å²) in [6.45, 7) is 8.48. The minimum atomic E-state index is -0.743. The third-order valence-electron chi connectivity index (χ3n) is 3.86. The average molecular weight is 278 g/mol. The number of aromatic hydroxyl groups is 1. The Morgan fingerprint density at radius 2 is 1.90 bits per heavy atom. The Kier molecular flexibility index (Phi) is 5.61. The van der Waals surface area contributed by atoms with Gasteiger partial charge in [-0.15, -0.1) is 0 Å². The highest BCUT2D eigenvalue weighted by atomic mass is 16.4. The van der Waals surface area contributed by atoms with Crippen LogP contribution in [-0.4, -0.2) is 16.2 Å². The zero-order valence-corrected chi connectivity index (χ0v) is 12.9. The van der Waals surface area contributed by atoms with Crippen LogP contribution in [-0.2, 0) is 10.2 Å². The third-order valence-corrected chi connectivity index (χ3v) is 3.86. The fraction of sp³-hybridized carbons (Fsp3) is 0.588. The lowest BCUT2D eigenvalue weighted by Gasteiger charge is -2.27. The summed E-state index contributed by atoms with van der Waals surface area (Å²) in [4.78, 5) is 10.5. The molecule has 0 aliphatic rings. The van der Waals surface area contributed by atoms with E-state index in [9.17, 15) is 9.90 Å². The summed E-state index contributed by atoms with van der Waals surface area (Å²) in [7, 11) is 0. The lowest BCUT2D eigenvalue weighted by molar-refractivity contribution is -0.137. The molecule has 0 atom stereocenters. The van der Waals surface area contributed by atoms with Crippen LogP contribution in [0.25, 0.3) is 0 Å². The molecule has 1 aromatic rings. The zero-order valence-electron chi connectivity index (χ0n) is 12.9. The van der Waals surface area contributed by atoms with Crippen LogP contribution in [0, 0.1) is 0 Å². The summed E-state index contributed by atoms with van der Waals surface area (Å²) in [6, 6.07) is 5.81. The molecule has 3 heteroatoms. The number of phenolic OH excluding ortho intramolecular Hbond substituents is 1. The molecule has 0 fully saturated rings. The minimum Gasteiger partial charge on any atom is -0.508 e. The van der Waals surface area contributed by atoms with Crippen molar-refractivity contribution in [2.75, 3.05) is 0 Å². The van der Waals surface area contributed by atoms with Crippen LogP contribution < -0.4 is 0 Å². The Hall–Kier alpha value is -1.51. The summed E-state index contributed by atoms with van der Waals surface area (Å²) < 4.78 is 0. The second-order valence-electron chi connectivity index (χ2n) is 6.42. The van der Waals surface area contributed by atoms with Crippen molar-refractivity contribution in [2.24, 2.45) is 0 Å². The van der Waals surface area contributed by atoms with Gasteiger partial charge in [-0.2, -0.15) is 0 Å². The summed E-state index contributed by atoms with van der Waals surface area (Å²) in [5.41, 5.74) is 2.03. The van der Waals surface area contributed by atoms with E-state index in [-0.39, 0.29) is 11.8 Å². The molecule has 1 rings (SSSR count). The Morgan fingerprint density at radius 1 is 1.25 bits per heavy atom. The first-order chi connectivity index (χ1) is 9.24. The molecular formula is C17H26O3. The van der Waals surface area contributed by atoms with Crippen molar-refractivity contribution >= 4 is 5.97 Å². The predicted octanol–water partition coefficient (Wildman–Crippen LogP) is 4.44. The molecule has 0 spiro atoms. The van der Waals surface area contributed by atoms with E-state index in [2.05, 4.69) is 33.8 Å². The standard InChI is InChI=1S/C17H26O3/c1-12(2)13-8-9-15(18)14(11-13)17(3,4)10-6-5-7-16(19)20/h8-9,11-12,18H,5-7,10H2,1-4H3,(H,19,20). The van der Waals surface area contributed by atoms with Gasteiger partial charge in [-0.3, -0.25) is 4.79 Å². The number of unbranched alkanes of at least 4 members (excludes halogenated alkanes) is 1. The molecule has 0 unspecified atom stereocenters. The van der Waals surface area contributed by atoms with Gasteiger partial charge < -0.3 is 10.2 Å². The highest BCUT2D eigenvalue weighted by Crippen LogP contribution is 2.36. The number of hydrogen-bond acceptors (Lipinski definition) is 2. The quantitative estimate of drug-likeness (QED) is 0.725. The van der Waals surface area contributed by atoms with Gasteiger partial charge in [0.15, 0.2) is 0 Å². The summed E-state index contributed by atoms with van der Waals surface area (Å²) >= 11 is 0. The Labute approximate surface area is 121 Å². The number of benzene rings is 1. The molecule has 20 heavy (non-hydrogen) atoms. The normalized spacial score (nSPS) is 11.8. The van der Waals surface area contributed by atoms with E-state index in [4.69, 9.17) is 5.11 Å². The smallest absolute Gasteiger partial charge is 0.303 e. The molecule has 0 saturated heterocycles.